The normalized spacial score (nSPS) is 12.5. The van der Waals surface area contributed by atoms with E-state index in [1.54, 1.807) is 6.07 Å². The number of para-hydroxylation sites is 2. The zero-order valence-electron chi connectivity index (χ0n) is 14.0. The third-order valence-corrected chi connectivity index (χ3v) is 4.72. The molecule has 23 heavy (non-hydrogen) atoms. The number of benzene rings is 2. The molecule has 1 atom stereocenters. The van der Waals surface area contributed by atoms with E-state index >= 15 is 0 Å². The molecule has 0 fully saturated rings. The van der Waals surface area contributed by atoms with Crippen molar-refractivity contribution in [2.75, 3.05) is 0 Å². The van der Waals surface area contributed by atoms with Gasteiger partial charge in [-0.2, -0.15) is 0 Å². The Hall–Kier alpha value is -2.35. The molecule has 0 saturated heterocycles. The van der Waals surface area contributed by atoms with Crippen LogP contribution in [0.4, 0.5) is 0 Å². The summed E-state index contributed by atoms with van der Waals surface area (Å²) < 4.78 is 2.19. The lowest BCUT2D eigenvalue weighted by Crippen LogP contribution is -2.11. The summed E-state index contributed by atoms with van der Waals surface area (Å²) in [6.07, 6.45) is 3.99. The van der Waals surface area contributed by atoms with Gasteiger partial charge in [-0.3, -0.25) is 4.79 Å². The van der Waals surface area contributed by atoms with Crippen molar-refractivity contribution in [1.29, 1.82) is 0 Å². The fourth-order valence-corrected chi connectivity index (χ4v) is 3.21. The van der Waals surface area contributed by atoms with Crippen LogP contribution in [0.2, 0.25) is 0 Å². The average Bonchev–Trinajstić information content (AvgIpc) is 2.61. The van der Waals surface area contributed by atoms with Crippen LogP contribution >= 0.6 is 0 Å². The molecule has 118 valence electrons. The molecule has 1 unspecified atom stereocenters. The van der Waals surface area contributed by atoms with Gasteiger partial charge in [-0.1, -0.05) is 51.1 Å². The maximum absolute atomic E-state index is 12.2. The molecule has 1 heterocycles. The van der Waals surface area contributed by atoms with E-state index in [0.29, 0.717) is 5.92 Å². The zero-order valence-corrected chi connectivity index (χ0v) is 14.0. The van der Waals surface area contributed by atoms with Gasteiger partial charge in [-0.05, 0) is 42.0 Å². The van der Waals surface area contributed by atoms with Crippen molar-refractivity contribution in [2.24, 2.45) is 0 Å². The number of aryl methyl sites for hydroxylation is 1. The number of hydrogen-bond donors (Lipinski definition) is 0. The topological polar surface area (TPSA) is 22.0 Å². The van der Waals surface area contributed by atoms with Crippen LogP contribution in [-0.4, -0.2) is 4.57 Å². The summed E-state index contributed by atoms with van der Waals surface area (Å²) in [6, 6.07) is 16.1. The summed E-state index contributed by atoms with van der Waals surface area (Å²) in [4.78, 5) is 12.2. The monoisotopic (exact) mass is 305 g/mol. The van der Waals surface area contributed by atoms with Crippen LogP contribution in [0.5, 0.6) is 0 Å². The molecular formula is C21H23NO. The Balaban J connectivity index is 2.39. The molecule has 0 bridgehead atoms. The van der Waals surface area contributed by atoms with Gasteiger partial charge in [0.2, 0.25) is 0 Å². The van der Waals surface area contributed by atoms with E-state index in [0.717, 1.165) is 23.7 Å². The number of pyridine rings is 1. The highest BCUT2D eigenvalue weighted by atomic mass is 16.1. The molecule has 0 spiro atoms. The maximum atomic E-state index is 12.2. The van der Waals surface area contributed by atoms with Crippen LogP contribution in [0.1, 0.15) is 44.2 Å². The Morgan fingerprint density at radius 1 is 1.00 bits per heavy atom. The standard InChI is InChI=1S/C21H23NO/c1-4-15(3)17-11-8-9-16(5-2)21(17)22-14-13-20(23)18-10-6-7-12-19(18)22/h6-15H,4-5H2,1-3H3. The van der Waals surface area contributed by atoms with Gasteiger partial charge in [0, 0.05) is 17.6 Å². The van der Waals surface area contributed by atoms with Gasteiger partial charge in [0.05, 0.1) is 11.2 Å². The molecule has 0 radical (unpaired) electrons. The van der Waals surface area contributed by atoms with Gasteiger partial charge >= 0.3 is 0 Å². The van der Waals surface area contributed by atoms with Crippen LogP contribution in [-0.2, 0) is 6.42 Å². The second kappa shape index (κ2) is 6.41. The van der Waals surface area contributed by atoms with E-state index in [1.807, 2.05) is 30.5 Å². The summed E-state index contributed by atoms with van der Waals surface area (Å²) >= 11 is 0. The van der Waals surface area contributed by atoms with Crippen LogP contribution in [0.15, 0.2) is 59.5 Å². The van der Waals surface area contributed by atoms with Crippen LogP contribution < -0.4 is 5.43 Å². The van der Waals surface area contributed by atoms with E-state index in [-0.39, 0.29) is 5.43 Å². The second-order valence-electron chi connectivity index (χ2n) is 6.08. The Bertz CT molecular complexity index is 892. The van der Waals surface area contributed by atoms with Crippen molar-refractivity contribution < 1.29 is 0 Å². The predicted molar refractivity (Wildman–Crippen MR) is 97.6 cm³/mol. The SMILES string of the molecule is CCc1cccc(C(C)CC)c1-n1ccc(=O)c2ccccc21. The molecule has 2 nitrogen and oxygen atoms in total. The minimum atomic E-state index is 0.0796. The molecule has 0 aliphatic carbocycles. The third kappa shape index (κ3) is 2.70. The van der Waals surface area contributed by atoms with Crippen LogP contribution in [0.25, 0.3) is 16.6 Å². The molecule has 0 aliphatic rings. The summed E-state index contributed by atoms with van der Waals surface area (Å²) in [6.45, 7) is 6.67. The first kappa shape index (κ1) is 15.5. The smallest absolute Gasteiger partial charge is 0.189 e. The molecule has 0 N–H and O–H groups in total. The number of hydrogen-bond acceptors (Lipinski definition) is 1. The molecule has 1 aromatic heterocycles. The number of rotatable bonds is 4. The third-order valence-electron chi connectivity index (χ3n) is 4.72. The van der Waals surface area contributed by atoms with Gasteiger partial charge in [0.1, 0.15) is 0 Å². The summed E-state index contributed by atoms with van der Waals surface area (Å²) in [5, 5.41) is 0.774. The Morgan fingerprint density at radius 2 is 1.78 bits per heavy atom. The van der Waals surface area contributed by atoms with Crippen molar-refractivity contribution in [2.45, 2.75) is 39.5 Å². The van der Waals surface area contributed by atoms with E-state index in [1.165, 1.54) is 16.8 Å². The van der Waals surface area contributed by atoms with Crippen LogP contribution in [0, 0.1) is 0 Å². The van der Waals surface area contributed by atoms with E-state index in [2.05, 4.69) is 43.5 Å². The summed E-state index contributed by atoms with van der Waals surface area (Å²) in [5.41, 5.74) is 4.96. The van der Waals surface area contributed by atoms with Gasteiger partial charge in [0.15, 0.2) is 5.43 Å². The fourth-order valence-electron chi connectivity index (χ4n) is 3.21. The fraction of sp³-hybridized carbons (Fsp3) is 0.286. The molecule has 0 amide bonds. The summed E-state index contributed by atoms with van der Waals surface area (Å²) in [7, 11) is 0. The van der Waals surface area contributed by atoms with E-state index < -0.39 is 0 Å². The average molecular weight is 305 g/mol. The first-order valence-corrected chi connectivity index (χ1v) is 8.39. The van der Waals surface area contributed by atoms with E-state index in [4.69, 9.17) is 0 Å². The lowest BCUT2D eigenvalue weighted by atomic mass is 9.93. The highest BCUT2D eigenvalue weighted by molar-refractivity contribution is 5.81. The lowest BCUT2D eigenvalue weighted by molar-refractivity contribution is 0.725. The Kier molecular flexibility index (Phi) is 4.33. The van der Waals surface area contributed by atoms with Crippen molar-refractivity contribution in [3.63, 3.8) is 0 Å². The highest BCUT2D eigenvalue weighted by Gasteiger charge is 2.15. The second-order valence-corrected chi connectivity index (χ2v) is 6.08. The first-order chi connectivity index (χ1) is 11.2. The molecule has 2 heteroatoms. The first-order valence-electron chi connectivity index (χ1n) is 8.39. The van der Waals surface area contributed by atoms with Crippen molar-refractivity contribution in [1.82, 2.24) is 4.57 Å². The molecular weight excluding hydrogens is 282 g/mol. The summed E-state index contributed by atoms with van der Waals surface area (Å²) in [5.74, 6) is 0.481. The van der Waals surface area contributed by atoms with Gasteiger partial charge in [0.25, 0.3) is 0 Å². The van der Waals surface area contributed by atoms with Crippen LogP contribution in [0.3, 0.4) is 0 Å². The number of nitrogens with zero attached hydrogens (tertiary/aromatic N) is 1. The van der Waals surface area contributed by atoms with Gasteiger partial charge < -0.3 is 4.57 Å². The minimum Gasteiger partial charge on any atom is -0.316 e. The Labute approximate surface area is 137 Å². The number of aromatic nitrogens is 1. The predicted octanol–water partition coefficient (Wildman–Crippen LogP) is 5.07. The molecule has 3 rings (SSSR count). The van der Waals surface area contributed by atoms with Gasteiger partial charge in [-0.15, -0.1) is 0 Å². The van der Waals surface area contributed by atoms with E-state index in [9.17, 15) is 4.79 Å². The minimum absolute atomic E-state index is 0.0796. The lowest BCUT2D eigenvalue weighted by Gasteiger charge is -2.22. The largest absolute Gasteiger partial charge is 0.316 e. The number of fused-ring (bicyclic) bond motifs is 1. The quantitative estimate of drug-likeness (QED) is 0.660. The molecule has 2 aromatic carbocycles. The highest BCUT2D eigenvalue weighted by Crippen LogP contribution is 2.30. The van der Waals surface area contributed by atoms with Crippen molar-refractivity contribution >= 4 is 10.9 Å². The zero-order chi connectivity index (χ0) is 16.4. The molecule has 0 saturated carbocycles. The maximum Gasteiger partial charge on any atom is 0.189 e. The molecule has 3 aromatic rings. The van der Waals surface area contributed by atoms with Crippen molar-refractivity contribution in [3.05, 3.63) is 76.1 Å². The van der Waals surface area contributed by atoms with Crippen molar-refractivity contribution in [3.8, 4) is 5.69 Å². The molecule has 0 aliphatic heterocycles. The Morgan fingerprint density at radius 3 is 2.52 bits per heavy atom. The van der Waals surface area contributed by atoms with Gasteiger partial charge in [-0.25, -0.2) is 0 Å².